The molecule has 15 heavy (non-hydrogen) atoms. The number of rotatable bonds is 0. The van der Waals surface area contributed by atoms with Crippen molar-refractivity contribution < 1.29 is 0 Å². The Balaban J connectivity index is 3.11. The minimum absolute atomic E-state index is 0.271. The van der Waals surface area contributed by atoms with Crippen molar-refractivity contribution in [2.75, 3.05) is 0 Å². The third kappa shape index (κ3) is 1.81. The fraction of sp³-hybridized carbons (Fsp3) is 0.923. The van der Waals surface area contributed by atoms with Crippen LogP contribution in [0.2, 0.25) is 10.1 Å². The van der Waals surface area contributed by atoms with Gasteiger partial charge in [-0.15, -0.1) is 0 Å². The summed E-state index contributed by atoms with van der Waals surface area (Å²) >= 11 is 0. The van der Waals surface area contributed by atoms with Crippen LogP contribution in [0.4, 0.5) is 0 Å². The van der Waals surface area contributed by atoms with Crippen LogP contribution in [0.25, 0.3) is 0 Å². The average molecular weight is 225 g/mol. The van der Waals surface area contributed by atoms with Gasteiger partial charge in [-0.3, -0.25) is 0 Å². The average Bonchev–Trinajstić information content (AvgIpc) is 2.51. The molecular weight excluding hydrogens is 198 g/mol. The first-order chi connectivity index (χ1) is 6.34. The van der Waals surface area contributed by atoms with Crippen LogP contribution in [0.1, 0.15) is 62.3 Å². The second kappa shape index (κ2) is 2.97. The first-order valence-electron chi connectivity index (χ1n) is 5.95. The van der Waals surface area contributed by atoms with Crippen LogP contribution in [-0.2, 0) is 0 Å². The summed E-state index contributed by atoms with van der Waals surface area (Å²) in [6.07, 6.45) is 0. The lowest BCUT2D eigenvalue weighted by atomic mass is 9.99. The number of hydrogen-bond donors (Lipinski definition) is 0. The summed E-state index contributed by atoms with van der Waals surface area (Å²) in [5, 5.41) is 2.25. The molecule has 0 saturated heterocycles. The molecule has 2 heteroatoms. The summed E-state index contributed by atoms with van der Waals surface area (Å²) in [7, 11) is -1.58. The van der Waals surface area contributed by atoms with Crippen molar-refractivity contribution in [2.45, 2.75) is 72.4 Å². The second-order valence-corrected chi connectivity index (χ2v) is 13.0. The van der Waals surface area contributed by atoms with E-state index in [2.05, 4.69) is 62.3 Å². The lowest BCUT2D eigenvalue weighted by molar-refractivity contribution is 0.593. The molecule has 0 radical (unpaired) electrons. The van der Waals surface area contributed by atoms with Crippen molar-refractivity contribution in [3.63, 3.8) is 0 Å². The van der Waals surface area contributed by atoms with E-state index in [9.17, 15) is 0 Å². The molecule has 0 unspecified atom stereocenters. The van der Waals surface area contributed by atoms with Crippen molar-refractivity contribution in [3.8, 4) is 0 Å². The fourth-order valence-electron chi connectivity index (χ4n) is 3.02. The van der Waals surface area contributed by atoms with E-state index in [4.69, 9.17) is 4.66 Å². The maximum absolute atomic E-state index is 5.06. The van der Waals surface area contributed by atoms with Gasteiger partial charge in [-0.05, 0) is 15.5 Å². The molecule has 0 bridgehead atoms. The molecule has 0 atom stereocenters. The normalized spacial score (nSPS) is 21.3. The standard InChI is InChI=1S/C13H27NSi/c1-11(2,3)10-14-15(10,12(4,5)6)13(7,8)9/h1-9H3. The fourth-order valence-corrected chi connectivity index (χ4v) is 9.40. The van der Waals surface area contributed by atoms with Crippen LogP contribution in [0, 0.1) is 5.41 Å². The summed E-state index contributed by atoms with van der Waals surface area (Å²) < 4.78 is 5.06. The molecule has 88 valence electrons. The molecule has 1 nitrogen and oxygen atoms in total. The van der Waals surface area contributed by atoms with Gasteiger partial charge in [0.2, 0.25) is 8.24 Å². The maximum atomic E-state index is 5.06. The quantitative estimate of drug-likeness (QED) is 0.535. The molecule has 0 amide bonds. The molecule has 1 aliphatic heterocycles. The Morgan fingerprint density at radius 1 is 0.733 bits per heavy atom. The first kappa shape index (κ1) is 13.0. The third-order valence-corrected chi connectivity index (χ3v) is 9.69. The number of hydrogen-bond acceptors (Lipinski definition) is 1. The van der Waals surface area contributed by atoms with E-state index >= 15 is 0 Å². The van der Waals surface area contributed by atoms with E-state index in [1.54, 1.807) is 0 Å². The van der Waals surface area contributed by atoms with E-state index in [-0.39, 0.29) is 5.41 Å². The van der Waals surface area contributed by atoms with Gasteiger partial charge in [0.25, 0.3) is 0 Å². The Hall–Kier alpha value is -0.113. The topological polar surface area (TPSA) is 12.4 Å². The van der Waals surface area contributed by atoms with Crippen molar-refractivity contribution in [3.05, 3.63) is 0 Å². The van der Waals surface area contributed by atoms with Crippen molar-refractivity contribution in [1.29, 1.82) is 0 Å². The molecule has 0 aliphatic carbocycles. The van der Waals surface area contributed by atoms with Gasteiger partial charge in [-0.1, -0.05) is 62.3 Å². The minimum atomic E-state index is -1.58. The molecule has 1 heterocycles. The molecule has 1 aliphatic rings. The van der Waals surface area contributed by atoms with Crippen LogP contribution >= 0.6 is 0 Å². The summed E-state index contributed by atoms with van der Waals surface area (Å²) in [4.78, 5) is 0. The Morgan fingerprint density at radius 3 is 1.13 bits per heavy atom. The van der Waals surface area contributed by atoms with Crippen molar-refractivity contribution in [1.82, 2.24) is 0 Å². The van der Waals surface area contributed by atoms with E-state index in [1.165, 1.54) is 5.33 Å². The summed E-state index contributed by atoms with van der Waals surface area (Å²) in [6.45, 7) is 21.1. The van der Waals surface area contributed by atoms with Crippen LogP contribution in [0.3, 0.4) is 0 Å². The predicted octanol–water partition coefficient (Wildman–Crippen LogP) is 4.57. The Bertz CT molecular complexity index is 280. The predicted molar refractivity (Wildman–Crippen MR) is 72.1 cm³/mol. The monoisotopic (exact) mass is 225 g/mol. The van der Waals surface area contributed by atoms with E-state index in [0.717, 1.165) is 0 Å². The molecular formula is C13H27NSi. The molecule has 0 fully saturated rings. The minimum Gasteiger partial charge on any atom is -0.323 e. The maximum Gasteiger partial charge on any atom is 0.234 e. The molecule has 0 N–H and O–H groups in total. The highest BCUT2D eigenvalue weighted by Gasteiger charge is 2.67. The molecule has 0 aromatic carbocycles. The zero-order valence-corrected chi connectivity index (χ0v) is 12.9. The van der Waals surface area contributed by atoms with Crippen LogP contribution in [-0.4, -0.2) is 13.6 Å². The van der Waals surface area contributed by atoms with E-state index in [0.29, 0.717) is 10.1 Å². The highest BCUT2D eigenvalue weighted by Crippen LogP contribution is 2.61. The molecule has 0 aromatic heterocycles. The van der Waals surface area contributed by atoms with Gasteiger partial charge in [0, 0.05) is 5.33 Å². The largest absolute Gasteiger partial charge is 0.323 e. The first-order valence-corrected chi connectivity index (χ1v) is 7.89. The third-order valence-electron chi connectivity index (χ3n) is 3.45. The van der Waals surface area contributed by atoms with Gasteiger partial charge >= 0.3 is 0 Å². The van der Waals surface area contributed by atoms with Gasteiger partial charge in [-0.2, -0.15) is 0 Å². The Kier molecular flexibility index (Phi) is 2.56. The van der Waals surface area contributed by atoms with Crippen LogP contribution < -0.4 is 0 Å². The van der Waals surface area contributed by atoms with Crippen molar-refractivity contribution >= 4 is 13.6 Å². The second-order valence-electron chi connectivity index (χ2n) is 7.92. The van der Waals surface area contributed by atoms with E-state index < -0.39 is 8.24 Å². The summed E-state index contributed by atoms with van der Waals surface area (Å²) in [5.41, 5.74) is 0.271. The zero-order valence-electron chi connectivity index (χ0n) is 11.9. The zero-order chi connectivity index (χ0) is 12.3. The smallest absolute Gasteiger partial charge is 0.234 e. The molecule has 0 spiro atoms. The van der Waals surface area contributed by atoms with Crippen LogP contribution in [0.15, 0.2) is 4.66 Å². The lowest BCUT2D eigenvalue weighted by Gasteiger charge is -2.40. The number of nitrogens with zero attached hydrogens (tertiary/aromatic N) is 1. The van der Waals surface area contributed by atoms with Gasteiger partial charge < -0.3 is 4.66 Å². The molecule has 0 aromatic rings. The van der Waals surface area contributed by atoms with Crippen LogP contribution in [0.5, 0.6) is 0 Å². The van der Waals surface area contributed by atoms with Gasteiger partial charge in [0.15, 0.2) is 0 Å². The van der Waals surface area contributed by atoms with Gasteiger partial charge in [-0.25, -0.2) is 0 Å². The van der Waals surface area contributed by atoms with Gasteiger partial charge in [0.05, 0.1) is 0 Å². The highest BCUT2D eigenvalue weighted by molar-refractivity contribution is 7.20. The Labute approximate surface area is 96.5 Å². The lowest BCUT2D eigenvalue weighted by Crippen LogP contribution is -2.48. The van der Waals surface area contributed by atoms with E-state index in [1.807, 2.05) is 0 Å². The summed E-state index contributed by atoms with van der Waals surface area (Å²) in [5.74, 6) is 0. The highest BCUT2D eigenvalue weighted by atomic mass is 28.3. The SMILES string of the molecule is CC(C)(C)C1=N[Si]1(C(C)(C)C)C(C)(C)C. The van der Waals surface area contributed by atoms with Gasteiger partial charge in [0.1, 0.15) is 0 Å². The Morgan fingerprint density at radius 2 is 1.07 bits per heavy atom. The molecule has 1 rings (SSSR count). The molecule has 0 saturated carbocycles. The van der Waals surface area contributed by atoms with Crippen molar-refractivity contribution in [2.24, 2.45) is 10.1 Å². The summed E-state index contributed by atoms with van der Waals surface area (Å²) in [6, 6.07) is 0.